The Morgan fingerprint density at radius 1 is 0.854 bits per heavy atom. The predicted molar refractivity (Wildman–Crippen MR) is 138 cm³/mol. The van der Waals surface area contributed by atoms with Crippen molar-refractivity contribution in [3.8, 4) is 0 Å². The molecule has 2 aromatic rings. The van der Waals surface area contributed by atoms with Crippen molar-refractivity contribution in [3.05, 3.63) is 35.9 Å². The van der Waals surface area contributed by atoms with E-state index in [2.05, 4.69) is 21.9 Å². The molecule has 226 valence electrons. The molecule has 0 aromatic carbocycles. The molecule has 15 heteroatoms. The van der Waals surface area contributed by atoms with Crippen molar-refractivity contribution in [3.63, 3.8) is 0 Å². The van der Waals surface area contributed by atoms with Crippen LogP contribution in [-0.2, 0) is 38.0 Å². The smallest absolute Gasteiger partial charge is 0.422 e. The van der Waals surface area contributed by atoms with Crippen molar-refractivity contribution in [2.24, 2.45) is 31.7 Å². The standard InChI is InChI=1S/C14H18F3N3O3.C12H18N4O2/c1-9-3-4-11(10-5-6-18-19(10)2)20(7-9)12(21)13(22)23-8-14(15,16)17;1-8-3-4-10(9-5-6-14-15(9)2)16(7-8)12(18)11(13)17/h5-6,9,11H,3-4,7-8H2,1-2H3;5-6,8,10H,3-4,7H2,1-2H3,(H2,13,17)/t9-,11+;8-,10+/m11/s1. The second-order valence-electron chi connectivity index (χ2n) is 10.6. The number of carbonyl (C=O) groups excluding carboxylic acids is 4. The molecule has 4 heterocycles. The number of rotatable bonds is 3. The molecule has 0 unspecified atom stereocenters. The topological polar surface area (TPSA) is 146 Å². The van der Waals surface area contributed by atoms with Gasteiger partial charge >= 0.3 is 29.9 Å². The summed E-state index contributed by atoms with van der Waals surface area (Å²) < 4.78 is 43.8. The zero-order chi connectivity index (χ0) is 30.5. The number of alkyl halides is 3. The molecule has 4 atom stereocenters. The van der Waals surface area contributed by atoms with Gasteiger partial charge in [-0.3, -0.25) is 23.7 Å². The molecule has 12 nitrogen and oxygen atoms in total. The maximum Gasteiger partial charge on any atom is 0.422 e. The molecule has 0 aliphatic carbocycles. The number of nitrogens with two attached hydrogens (primary N) is 1. The van der Waals surface area contributed by atoms with Crippen LogP contribution in [0.4, 0.5) is 13.2 Å². The van der Waals surface area contributed by atoms with E-state index in [-0.39, 0.29) is 18.5 Å². The average molecular weight is 584 g/mol. The van der Waals surface area contributed by atoms with Crippen LogP contribution < -0.4 is 5.73 Å². The van der Waals surface area contributed by atoms with Crippen molar-refractivity contribution >= 4 is 23.7 Å². The van der Waals surface area contributed by atoms with E-state index < -0.39 is 42.5 Å². The van der Waals surface area contributed by atoms with Crippen LogP contribution in [0, 0.1) is 11.8 Å². The summed E-state index contributed by atoms with van der Waals surface area (Å²) in [6, 6.07) is 3.10. The molecule has 3 amide bonds. The van der Waals surface area contributed by atoms with Crippen molar-refractivity contribution in [2.45, 2.75) is 57.8 Å². The Morgan fingerprint density at radius 2 is 1.29 bits per heavy atom. The molecule has 4 rings (SSSR count). The van der Waals surface area contributed by atoms with Gasteiger partial charge in [0.1, 0.15) is 0 Å². The Balaban J connectivity index is 0.000000232. The summed E-state index contributed by atoms with van der Waals surface area (Å²) in [5, 5.41) is 8.14. The molecule has 41 heavy (non-hydrogen) atoms. The number of hydrogen-bond acceptors (Lipinski definition) is 7. The molecule has 2 N–H and O–H groups in total. The Kier molecular flexibility index (Phi) is 10.2. The summed E-state index contributed by atoms with van der Waals surface area (Å²) in [6.45, 7) is 3.08. The van der Waals surface area contributed by atoms with Crippen LogP contribution in [0.1, 0.15) is 63.0 Å². The van der Waals surface area contributed by atoms with Crippen LogP contribution in [0.2, 0.25) is 0 Å². The third-order valence-electron chi connectivity index (χ3n) is 7.31. The van der Waals surface area contributed by atoms with Gasteiger partial charge in [-0.1, -0.05) is 13.8 Å². The first-order valence-corrected chi connectivity index (χ1v) is 13.3. The quantitative estimate of drug-likeness (QED) is 0.430. The number of amides is 3. The minimum absolute atomic E-state index is 0.103. The van der Waals surface area contributed by atoms with Crippen LogP contribution in [-0.4, -0.2) is 78.9 Å². The van der Waals surface area contributed by atoms with Crippen LogP contribution in [0.3, 0.4) is 0 Å². The molecule has 2 aliphatic rings. The molecule has 0 saturated carbocycles. The van der Waals surface area contributed by atoms with Gasteiger partial charge < -0.3 is 20.3 Å². The van der Waals surface area contributed by atoms with E-state index in [4.69, 9.17) is 5.73 Å². The molecular weight excluding hydrogens is 547 g/mol. The fraction of sp³-hybridized carbons (Fsp3) is 0.615. The number of aryl methyl sites for hydroxylation is 2. The molecule has 2 aliphatic heterocycles. The number of likely N-dealkylation sites (tertiary alicyclic amines) is 2. The van der Waals surface area contributed by atoms with E-state index in [1.54, 1.807) is 39.8 Å². The van der Waals surface area contributed by atoms with E-state index in [9.17, 15) is 32.3 Å². The minimum Gasteiger partial charge on any atom is -0.449 e. The van der Waals surface area contributed by atoms with E-state index in [0.29, 0.717) is 18.9 Å². The number of ether oxygens (including phenoxy) is 1. The number of nitrogens with zero attached hydrogens (tertiary/aromatic N) is 6. The van der Waals surface area contributed by atoms with Crippen molar-refractivity contribution in [1.29, 1.82) is 0 Å². The third kappa shape index (κ3) is 8.07. The highest BCUT2D eigenvalue weighted by atomic mass is 19.4. The van der Waals surface area contributed by atoms with Gasteiger partial charge in [-0.2, -0.15) is 23.4 Å². The number of esters is 1. The number of aromatic nitrogens is 4. The highest BCUT2D eigenvalue weighted by Gasteiger charge is 2.38. The zero-order valence-electron chi connectivity index (χ0n) is 23.5. The third-order valence-corrected chi connectivity index (χ3v) is 7.31. The summed E-state index contributed by atoms with van der Waals surface area (Å²) in [7, 11) is 3.54. The number of halogens is 3. The lowest BCUT2D eigenvalue weighted by Gasteiger charge is -2.37. The van der Waals surface area contributed by atoms with Gasteiger partial charge in [-0.15, -0.1) is 0 Å². The Hall–Kier alpha value is -3.91. The Morgan fingerprint density at radius 3 is 1.66 bits per heavy atom. The lowest BCUT2D eigenvalue weighted by atomic mass is 9.92. The first kappa shape index (κ1) is 31.6. The fourth-order valence-electron chi connectivity index (χ4n) is 5.26. The molecule has 2 aromatic heterocycles. The maximum absolute atomic E-state index is 12.2. The van der Waals surface area contributed by atoms with Gasteiger partial charge in [0.2, 0.25) is 0 Å². The van der Waals surface area contributed by atoms with E-state index in [1.165, 1.54) is 4.90 Å². The second-order valence-corrected chi connectivity index (χ2v) is 10.6. The number of piperidine rings is 2. The first-order valence-electron chi connectivity index (χ1n) is 13.3. The second kappa shape index (κ2) is 13.2. The van der Waals surface area contributed by atoms with E-state index in [0.717, 1.165) is 30.7 Å². The van der Waals surface area contributed by atoms with E-state index >= 15 is 0 Å². The lowest BCUT2D eigenvalue weighted by Crippen LogP contribution is -2.47. The SMILES string of the molecule is C[C@@H]1CC[C@@H](c2ccnn2C)N(C(=O)C(=O)OCC(F)(F)F)C1.C[C@@H]1CC[C@@H](c2ccnn2C)N(C(=O)C(N)=O)C1. The normalized spacial score (nSPS) is 22.9. The summed E-state index contributed by atoms with van der Waals surface area (Å²) in [6.07, 6.45) is 1.92. The summed E-state index contributed by atoms with van der Waals surface area (Å²) in [4.78, 5) is 49.7. The summed E-state index contributed by atoms with van der Waals surface area (Å²) in [5.74, 6) is -3.49. The van der Waals surface area contributed by atoms with Crippen LogP contribution in [0.15, 0.2) is 24.5 Å². The van der Waals surface area contributed by atoms with Crippen LogP contribution >= 0.6 is 0 Å². The minimum atomic E-state index is -4.66. The van der Waals surface area contributed by atoms with Gasteiger partial charge in [0.25, 0.3) is 0 Å². The molecule has 0 spiro atoms. The highest BCUT2D eigenvalue weighted by Crippen LogP contribution is 2.34. The molecule has 0 bridgehead atoms. The van der Waals surface area contributed by atoms with Crippen molar-refractivity contribution in [2.75, 3.05) is 19.7 Å². The largest absolute Gasteiger partial charge is 0.449 e. The van der Waals surface area contributed by atoms with Gasteiger partial charge in [-0.25, -0.2) is 4.79 Å². The maximum atomic E-state index is 12.2. The van der Waals surface area contributed by atoms with Crippen LogP contribution in [0.5, 0.6) is 0 Å². The molecule has 2 saturated heterocycles. The van der Waals surface area contributed by atoms with Gasteiger partial charge in [0.15, 0.2) is 6.61 Å². The summed E-state index contributed by atoms with van der Waals surface area (Å²) >= 11 is 0. The summed E-state index contributed by atoms with van der Waals surface area (Å²) in [5.41, 5.74) is 6.78. The van der Waals surface area contributed by atoms with Crippen molar-refractivity contribution < 1.29 is 37.1 Å². The Labute approximate surface area is 235 Å². The number of primary amides is 1. The highest BCUT2D eigenvalue weighted by molar-refractivity contribution is 6.34. The fourth-order valence-corrected chi connectivity index (χ4v) is 5.26. The number of hydrogen-bond donors (Lipinski definition) is 1. The van der Waals surface area contributed by atoms with Gasteiger partial charge in [-0.05, 0) is 49.7 Å². The Bertz CT molecular complexity index is 1240. The van der Waals surface area contributed by atoms with E-state index in [1.807, 2.05) is 20.0 Å². The predicted octanol–water partition coefficient (Wildman–Crippen LogP) is 2.03. The average Bonchev–Trinajstić information content (AvgIpc) is 3.53. The van der Waals surface area contributed by atoms with Gasteiger partial charge in [0.05, 0.1) is 23.5 Å². The van der Waals surface area contributed by atoms with Crippen molar-refractivity contribution in [1.82, 2.24) is 29.4 Å². The molecule has 0 radical (unpaired) electrons. The first-order chi connectivity index (χ1) is 19.2. The number of carbonyl (C=O) groups is 4. The van der Waals surface area contributed by atoms with Gasteiger partial charge in [0, 0.05) is 39.6 Å². The molecular formula is C26H36F3N7O5. The lowest BCUT2D eigenvalue weighted by molar-refractivity contribution is -0.190. The zero-order valence-corrected chi connectivity index (χ0v) is 23.5. The molecule has 2 fully saturated rings. The monoisotopic (exact) mass is 583 g/mol. The van der Waals surface area contributed by atoms with Crippen LogP contribution in [0.25, 0.3) is 0 Å².